The molecule has 6 N–H and O–H groups in total. The highest BCUT2D eigenvalue weighted by Gasteiger charge is 2.25. The van der Waals surface area contributed by atoms with Gasteiger partial charge in [0.2, 0.25) is 0 Å². The van der Waals surface area contributed by atoms with Gasteiger partial charge < -0.3 is 36.3 Å². The van der Waals surface area contributed by atoms with E-state index in [0.717, 1.165) is 55.5 Å². The molecule has 4 aromatic heterocycles. The van der Waals surface area contributed by atoms with E-state index in [-0.39, 0.29) is 45.5 Å². The highest BCUT2D eigenvalue weighted by Crippen LogP contribution is 2.28. The van der Waals surface area contributed by atoms with Gasteiger partial charge in [0.05, 0.1) is 30.2 Å². The second kappa shape index (κ2) is 21.9. The van der Waals surface area contributed by atoms with Crippen LogP contribution in [0.5, 0.6) is 0 Å². The Balaban J connectivity index is 0.000000300. The number of carboxylic acids is 1. The van der Waals surface area contributed by atoms with Crippen LogP contribution in [0.4, 0.5) is 4.79 Å². The summed E-state index contributed by atoms with van der Waals surface area (Å²) in [7, 11) is 0. The summed E-state index contributed by atoms with van der Waals surface area (Å²) in [6.07, 6.45) is 4.34. The fraction of sp³-hybridized carbons (Fsp3) is 0.262. The van der Waals surface area contributed by atoms with E-state index in [2.05, 4.69) is 25.9 Å². The number of pyridine rings is 2. The molecule has 3 amide bonds. The predicted octanol–water partition coefficient (Wildman–Crippen LogP) is 6.26. The number of carbonyl (C=O) groups excluding carboxylic acids is 4. The van der Waals surface area contributed by atoms with Crippen LogP contribution in [0.3, 0.4) is 0 Å². The van der Waals surface area contributed by atoms with Crippen molar-refractivity contribution in [2.45, 2.75) is 59.4 Å². The van der Waals surface area contributed by atoms with Crippen molar-refractivity contribution in [1.82, 2.24) is 25.9 Å². The molecule has 0 aliphatic heterocycles. The number of hydrogen-bond acceptors (Lipinski definition) is 12. The lowest BCUT2D eigenvalue weighted by atomic mass is 10.2. The van der Waals surface area contributed by atoms with Gasteiger partial charge in [0.1, 0.15) is 25.3 Å². The number of nitrogens with two attached hydrogens (primary N) is 1. The van der Waals surface area contributed by atoms with E-state index in [4.69, 9.17) is 20.3 Å². The van der Waals surface area contributed by atoms with E-state index >= 15 is 0 Å². The largest absolute Gasteiger partial charge is 0.480 e. The standard InChI is InChI=1S/C28H27N3O5S.C13H15N3O3S.CH4/c1-2-21-13-14-29-22-15-24(37-25(21)22)26(32)30-16-23(27(33)35-17-19-9-5-3-6-10-19)31-28(34)36-18-20-11-7-4-8-12-20;1-2-7-3-4-15-9-5-10(20-11(7)9)12(17)16-6-8(14)13(18)19;/h3-15,23H,2,16-18H2,1H3,(H,30,32)(H,31,34);3-5,8H,2,6,14H2,1H3,(H,16,17)(H,18,19);1H4/t23-;8-;/m11./s1. The van der Waals surface area contributed by atoms with Crippen LogP contribution in [0.2, 0.25) is 0 Å². The molecule has 14 nitrogen and oxygen atoms in total. The van der Waals surface area contributed by atoms with Gasteiger partial charge in [0.25, 0.3) is 11.8 Å². The third-order valence-corrected chi connectivity index (χ3v) is 10.9. The summed E-state index contributed by atoms with van der Waals surface area (Å²) in [4.78, 5) is 70.3. The van der Waals surface area contributed by atoms with Gasteiger partial charge in [-0.2, -0.15) is 0 Å². The molecular weight excluding hydrogens is 781 g/mol. The summed E-state index contributed by atoms with van der Waals surface area (Å²) in [6.45, 7) is 3.89. The summed E-state index contributed by atoms with van der Waals surface area (Å²) in [6, 6.07) is 23.4. The average molecular weight is 827 g/mol. The molecule has 2 atom stereocenters. The highest BCUT2D eigenvalue weighted by atomic mass is 32.1. The van der Waals surface area contributed by atoms with Crippen molar-refractivity contribution in [3.63, 3.8) is 0 Å². The fourth-order valence-electron chi connectivity index (χ4n) is 5.35. The first kappa shape index (κ1) is 44.5. The first-order chi connectivity index (χ1) is 27.6. The maximum absolute atomic E-state index is 12.9. The van der Waals surface area contributed by atoms with E-state index in [1.54, 1.807) is 24.5 Å². The van der Waals surface area contributed by atoms with Crippen LogP contribution >= 0.6 is 22.7 Å². The van der Waals surface area contributed by atoms with E-state index in [1.165, 1.54) is 22.7 Å². The van der Waals surface area contributed by atoms with Crippen molar-refractivity contribution in [3.8, 4) is 0 Å². The summed E-state index contributed by atoms with van der Waals surface area (Å²) in [5.41, 5.74) is 10.7. The molecule has 0 fully saturated rings. The lowest BCUT2D eigenvalue weighted by molar-refractivity contribution is -0.147. The van der Waals surface area contributed by atoms with Crippen molar-refractivity contribution in [1.29, 1.82) is 0 Å². The van der Waals surface area contributed by atoms with Gasteiger partial charge in [-0.3, -0.25) is 24.4 Å². The minimum Gasteiger partial charge on any atom is -0.480 e. The third kappa shape index (κ3) is 12.4. The second-order valence-corrected chi connectivity index (χ2v) is 14.6. The molecular formula is C42H46N6O8S2. The lowest BCUT2D eigenvalue weighted by Gasteiger charge is -2.18. The Morgan fingerprint density at radius 3 is 1.64 bits per heavy atom. The van der Waals surface area contributed by atoms with Crippen molar-refractivity contribution < 1.29 is 38.6 Å². The van der Waals surface area contributed by atoms with E-state index in [9.17, 15) is 24.0 Å². The number of aromatic nitrogens is 2. The van der Waals surface area contributed by atoms with Gasteiger partial charge in [0.15, 0.2) is 0 Å². The number of carbonyl (C=O) groups is 5. The Hall–Kier alpha value is -6.23. The molecule has 4 heterocycles. The quantitative estimate of drug-likeness (QED) is 0.0729. The molecule has 0 unspecified atom stereocenters. The number of aliphatic carboxylic acids is 1. The maximum Gasteiger partial charge on any atom is 0.408 e. The zero-order chi connectivity index (χ0) is 40.7. The summed E-state index contributed by atoms with van der Waals surface area (Å²) < 4.78 is 12.6. The van der Waals surface area contributed by atoms with Gasteiger partial charge in [-0.15, -0.1) is 22.7 Å². The number of aryl methyl sites for hydroxylation is 2. The minimum absolute atomic E-state index is 0. The van der Waals surface area contributed by atoms with Crippen LogP contribution in [-0.4, -0.2) is 70.1 Å². The van der Waals surface area contributed by atoms with Crippen LogP contribution in [0.15, 0.2) is 97.3 Å². The number of hydrogen-bond donors (Lipinski definition) is 5. The van der Waals surface area contributed by atoms with E-state index in [1.807, 2.05) is 86.6 Å². The topological polar surface area (TPSA) is 212 Å². The molecule has 16 heteroatoms. The first-order valence-electron chi connectivity index (χ1n) is 18.0. The van der Waals surface area contributed by atoms with E-state index in [0.29, 0.717) is 9.75 Å². The lowest BCUT2D eigenvalue weighted by Crippen LogP contribution is -2.49. The molecule has 0 aliphatic rings. The van der Waals surface area contributed by atoms with E-state index < -0.39 is 30.1 Å². The fourth-order valence-corrected chi connectivity index (χ4v) is 7.58. The Kier molecular flexibility index (Phi) is 16.8. The van der Waals surface area contributed by atoms with Crippen molar-refractivity contribution in [2.24, 2.45) is 5.73 Å². The molecule has 6 rings (SSSR count). The number of thiophene rings is 2. The number of rotatable bonds is 15. The monoisotopic (exact) mass is 826 g/mol. The zero-order valence-electron chi connectivity index (χ0n) is 31.2. The maximum atomic E-state index is 12.9. The van der Waals surface area contributed by atoms with Gasteiger partial charge in [-0.1, -0.05) is 81.9 Å². The SMILES string of the molecule is C.CCc1ccnc2cc(C(=O)NC[C@@H](N)C(=O)O)sc12.CCc1ccnc2cc(C(=O)NC[C@@H](NC(=O)OCc3ccccc3)C(=O)OCc3ccccc3)sc12. The Morgan fingerprint density at radius 2 is 1.17 bits per heavy atom. The second-order valence-electron chi connectivity index (χ2n) is 12.5. The third-order valence-electron chi connectivity index (χ3n) is 8.48. The molecule has 0 spiro atoms. The number of benzene rings is 2. The molecule has 0 bridgehead atoms. The first-order valence-corrected chi connectivity index (χ1v) is 19.7. The van der Waals surface area contributed by atoms with Gasteiger partial charge in [-0.25, -0.2) is 9.59 Å². The number of esters is 1. The number of carboxylic acid groups (broad SMARTS) is 1. The summed E-state index contributed by atoms with van der Waals surface area (Å²) in [5, 5.41) is 16.4. The number of alkyl carbamates (subject to hydrolysis) is 1. The smallest absolute Gasteiger partial charge is 0.408 e. The van der Waals surface area contributed by atoms with Gasteiger partial charge >= 0.3 is 18.0 Å². The van der Waals surface area contributed by atoms with Crippen LogP contribution in [0.25, 0.3) is 20.4 Å². The zero-order valence-corrected chi connectivity index (χ0v) is 32.9. The van der Waals surface area contributed by atoms with Crippen LogP contribution in [0, 0.1) is 0 Å². The van der Waals surface area contributed by atoms with Gasteiger partial charge in [-0.05, 0) is 59.4 Å². The van der Waals surface area contributed by atoms with Gasteiger partial charge in [0, 0.05) is 25.5 Å². The average Bonchev–Trinajstić information content (AvgIpc) is 3.89. The number of ether oxygens (including phenoxy) is 2. The molecule has 58 heavy (non-hydrogen) atoms. The van der Waals surface area contributed by atoms with Crippen molar-refractivity contribution in [2.75, 3.05) is 13.1 Å². The number of fused-ring (bicyclic) bond motifs is 2. The highest BCUT2D eigenvalue weighted by molar-refractivity contribution is 7.21. The number of nitrogens with one attached hydrogen (secondary N) is 3. The van der Waals surface area contributed by atoms with Crippen molar-refractivity contribution >= 4 is 73.0 Å². The molecule has 0 aliphatic carbocycles. The Morgan fingerprint density at radius 1 is 0.707 bits per heavy atom. The van der Waals surface area contributed by atoms with Crippen LogP contribution < -0.4 is 21.7 Å². The number of amides is 3. The minimum atomic E-state index is -1.14. The molecule has 2 aromatic carbocycles. The van der Waals surface area contributed by atoms with Crippen LogP contribution in [0.1, 0.15) is 62.9 Å². The molecule has 6 aromatic rings. The van der Waals surface area contributed by atoms with Crippen molar-refractivity contribution in [3.05, 3.63) is 129 Å². The number of nitrogens with zero attached hydrogens (tertiary/aromatic N) is 2. The molecule has 0 radical (unpaired) electrons. The normalized spacial score (nSPS) is 11.6. The van der Waals surface area contributed by atoms with Crippen LogP contribution in [-0.2, 0) is 45.1 Å². The predicted molar refractivity (Wildman–Crippen MR) is 225 cm³/mol. The molecule has 304 valence electrons. The summed E-state index contributed by atoms with van der Waals surface area (Å²) >= 11 is 2.69. The summed E-state index contributed by atoms with van der Waals surface area (Å²) in [5.74, 6) is -2.53. The Labute approximate surface area is 343 Å². The molecule has 0 saturated carbocycles. The molecule has 0 saturated heterocycles. The Bertz CT molecular complexity index is 2320.